The standard InChI is InChI=1S/C14H22O4/c1-13-6-4-3-5-10(13)7-14(9-13,11(16)8-15)12(17)18-2/h10,15H,3-9H2,1-2H3/t10-,13+,14-/m0/s1. The van der Waals surface area contributed by atoms with Crippen LogP contribution in [0.2, 0.25) is 0 Å². The molecule has 2 rings (SSSR count). The minimum absolute atomic E-state index is 0.0528. The molecule has 2 saturated carbocycles. The fourth-order valence-corrected chi connectivity index (χ4v) is 4.06. The fraction of sp³-hybridized carbons (Fsp3) is 0.857. The highest BCUT2D eigenvalue weighted by atomic mass is 16.5. The molecule has 18 heavy (non-hydrogen) atoms. The van der Waals surface area contributed by atoms with E-state index in [-0.39, 0.29) is 11.2 Å². The number of hydrogen-bond donors (Lipinski definition) is 1. The van der Waals surface area contributed by atoms with E-state index in [4.69, 9.17) is 9.84 Å². The lowest BCUT2D eigenvalue weighted by molar-refractivity contribution is -0.159. The molecule has 2 aliphatic carbocycles. The zero-order valence-electron chi connectivity index (χ0n) is 11.2. The molecule has 0 amide bonds. The molecule has 0 heterocycles. The summed E-state index contributed by atoms with van der Waals surface area (Å²) in [6.07, 6.45) is 5.57. The van der Waals surface area contributed by atoms with E-state index in [1.807, 2.05) is 0 Å². The van der Waals surface area contributed by atoms with Gasteiger partial charge in [0.1, 0.15) is 12.0 Å². The van der Waals surface area contributed by atoms with Crippen molar-refractivity contribution in [3.05, 3.63) is 0 Å². The average molecular weight is 254 g/mol. The first kappa shape index (κ1) is 13.5. The number of methoxy groups -OCH3 is 1. The maximum Gasteiger partial charge on any atom is 0.319 e. The molecule has 0 spiro atoms. The van der Waals surface area contributed by atoms with Crippen LogP contribution in [0.5, 0.6) is 0 Å². The van der Waals surface area contributed by atoms with E-state index in [9.17, 15) is 9.59 Å². The van der Waals surface area contributed by atoms with Crippen LogP contribution in [0.15, 0.2) is 0 Å². The summed E-state index contributed by atoms with van der Waals surface area (Å²) in [6, 6.07) is 0. The Bertz CT molecular complexity index is 347. The van der Waals surface area contributed by atoms with Crippen molar-refractivity contribution in [2.24, 2.45) is 16.7 Å². The van der Waals surface area contributed by atoms with Gasteiger partial charge in [0.2, 0.25) is 0 Å². The predicted molar refractivity (Wildman–Crippen MR) is 65.8 cm³/mol. The van der Waals surface area contributed by atoms with Crippen molar-refractivity contribution in [2.75, 3.05) is 13.7 Å². The van der Waals surface area contributed by atoms with Gasteiger partial charge in [-0.15, -0.1) is 0 Å². The first-order valence-corrected chi connectivity index (χ1v) is 6.71. The van der Waals surface area contributed by atoms with Gasteiger partial charge < -0.3 is 9.84 Å². The molecule has 1 N–H and O–H groups in total. The zero-order valence-corrected chi connectivity index (χ0v) is 11.2. The summed E-state index contributed by atoms with van der Waals surface area (Å²) < 4.78 is 4.84. The number of esters is 1. The number of aliphatic hydroxyl groups is 1. The SMILES string of the molecule is COC(=O)[C@@]1(C(=O)CO)C[C@@H]2CCCC[C@]2(C)C1. The Kier molecular flexibility index (Phi) is 3.49. The molecule has 4 nitrogen and oxygen atoms in total. The highest BCUT2D eigenvalue weighted by molar-refractivity contribution is 6.04. The number of aliphatic hydroxyl groups excluding tert-OH is 1. The summed E-state index contributed by atoms with van der Waals surface area (Å²) in [5.74, 6) is -0.428. The van der Waals surface area contributed by atoms with Gasteiger partial charge in [-0.25, -0.2) is 0 Å². The summed E-state index contributed by atoms with van der Waals surface area (Å²) in [5.41, 5.74) is -1.04. The van der Waals surface area contributed by atoms with Crippen molar-refractivity contribution in [1.29, 1.82) is 0 Å². The summed E-state index contributed by atoms with van der Waals surface area (Å²) in [6.45, 7) is 1.60. The summed E-state index contributed by atoms with van der Waals surface area (Å²) in [7, 11) is 1.32. The molecular formula is C14H22O4. The molecule has 2 fully saturated rings. The number of carbonyl (C=O) groups excluding carboxylic acids is 2. The fourth-order valence-electron chi connectivity index (χ4n) is 4.06. The molecule has 0 aromatic rings. The van der Waals surface area contributed by atoms with Crippen LogP contribution in [0.4, 0.5) is 0 Å². The van der Waals surface area contributed by atoms with Gasteiger partial charge in [-0.1, -0.05) is 19.8 Å². The van der Waals surface area contributed by atoms with Crippen LogP contribution in [0.3, 0.4) is 0 Å². The lowest BCUT2D eigenvalue weighted by Crippen LogP contribution is -2.40. The van der Waals surface area contributed by atoms with E-state index >= 15 is 0 Å². The van der Waals surface area contributed by atoms with Gasteiger partial charge in [0, 0.05) is 0 Å². The first-order valence-electron chi connectivity index (χ1n) is 6.71. The second kappa shape index (κ2) is 4.65. The molecule has 0 radical (unpaired) electrons. The average Bonchev–Trinajstić information content (AvgIpc) is 2.71. The van der Waals surface area contributed by atoms with Gasteiger partial charge in [-0.05, 0) is 37.0 Å². The molecule has 2 aliphatic rings. The van der Waals surface area contributed by atoms with Crippen molar-refractivity contribution in [1.82, 2.24) is 0 Å². The molecule has 102 valence electrons. The molecular weight excluding hydrogens is 232 g/mol. The highest BCUT2D eigenvalue weighted by Gasteiger charge is 2.60. The van der Waals surface area contributed by atoms with Crippen LogP contribution in [0.1, 0.15) is 45.4 Å². The Morgan fingerprint density at radius 2 is 2.11 bits per heavy atom. The summed E-state index contributed by atoms with van der Waals surface area (Å²) in [5, 5.41) is 9.16. The lowest BCUT2D eigenvalue weighted by Gasteiger charge is -2.36. The molecule has 0 unspecified atom stereocenters. The third kappa shape index (κ3) is 1.87. The van der Waals surface area contributed by atoms with Crippen molar-refractivity contribution < 1.29 is 19.4 Å². The van der Waals surface area contributed by atoms with Crippen molar-refractivity contribution in [3.63, 3.8) is 0 Å². The number of hydrogen-bond acceptors (Lipinski definition) is 4. The molecule has 0 bridgehead atoms. The van der Waals surface area contributed by atoms with E-state index in [0.717, 1.165) is 19.3 Å². The minimum Gasteiger partial charge on any atom is -0.468 e. The second-order valence-electron chi connectivity index (χ2n) is 6.13. The van der Waals surface area contributed by atoms with Crippen LogP contribution in [-0.4, -0.2) is 30.6 Å². The quantitative estimate of drug-likeness (QED) is 0.615. The normalized spacial score (nSPS) is 39.2. The molecule has 0 saturated heterocycles. The number of Topliss-reactive ketones (excluding diaryl/α,β-unsaturated/α-hetero) is 1. The van der Waals surface area contributed by atoms with Crippen molar-refractivity contribution in [3.8, 4) is 0 Å². The molecule has 0 aliphatic heterocycles. The van der Waals surface area contributed by atoms with Crippen molar-refractivity contribution >= 4 is 11.8 Å². The maximum atomic E-state index is 12.1. The topological polar surface area (TPSA) is 63.6 Å². The Balaban J connectivity index is 2.33. The third-order valence-electron chi connectivity index (χ3n) is 5.09. The Morgan fingerprint density at radius 3 is 2.67 bits per heavy atom. The van der Waals surface area contributed by atoms with Gasteiger partial charge in [0.15, 0.2) is 5.78 Å². The maximum absolute atomic E-state index is 12.1. The van der Waals surface area contributed by atoms with Crippen LogP contribution < -0.4 is 0 Å². The monoisotopic (exact) mass is 254 g/mol. The van der Waals surface area contributed by atoms with E-state index in [2.05, 4.69) is 6.92 Å². The number of ether oxygens (including phenoxy) is 1. The van der Waals surface area contributed by atoms with Crippen LogP contribution in [0, 0.1) is 16.7 Å². The minimum atomic E-state index is -1.09. The van der Waals surface area contributed by atoms with Gasteiger partial charge >= 0.3 is 5.97 Å². The zero-order chi connectivity index (χ0) is 13.4. The van der Waals surface area contributed by atoms with Crippen LogP contribution in [0.25, 0.3) is 0 Å². The molecule has 0 aromatic carbocycles. The Hall–Kier alpha value is -0.900. The summed E-state index contributed by atoms with van der Waals surface area (Å²) >= 11 is 0. The van der Waals surface area contributed by atoms with Gasteiger partial charge in [0.25, 0.3) is 0 Å². The number of fused-ring (bicyclic) bond motifs is 1. The predicted octanol–water partition coefficient (Wildman–Crippen LogP) is 1.70. The van der Waals surface area contributed by atoms with Crippen molar-refractivity contribution in [2.45, 2.75) is 45.4 Å². The van der Waals surface area contributed by atoms with E-state index in [1.165, 1.54) is 13.5 Å². The van der Waals surface area contributed by atoms with Crippen LogP contribution >= 0.6 is 0 Å². The first-order chi connectivity index (χ1) is 8.48. The lowest BCUT2D eigenvalue weighted by atomic mass is 9.69. The highest BCUT2D eigenvalue weighted by Crippen LogP contribution is 2.59. The largest absolute Gasteiger partial charge is 0.468 e. The van der Waals surface area contributed by atoms with Crippen LogP contribution in [-0.2, 0) is 14.3 Å². The molecule has 0 aromatic heterocycles. The van der Waals surface area contributed by atoms with E-state index in [1.54, 1.807) is 0 Å². The number of carbonyl (C=O) groups is 2. The third-order valence-corrected chi connectivity index (χ3v) is 5.09. The smallest absolute Gasteiger partial charge is 0.319 e. The number of rotatable bonds is 3. The van der Waals surface area contributed by atoms with Gasteiger partial charge in [-0.3, -0.25) is 9.59 Å². The summed E-state index contributed by atoms with van der Waals surface area (Å²) in [4.78, 5) is 24.1. The van der Waals surface area contributed by atoms with Gasteiger partial charge in [0.05, 0.1) is 7.11 Å². The van der Waals surface area contributed by atoms with E-state index in [0.29, 0.717) is 18.8 Å². The Labute approximate surface area is 108 Å². The number of ketones is 1. The Morgan fingerprint density at radius 1 is 1.39 bits per heavy atom. The molecule has 4 heteroatoms. The second-order valence-corrected chi connectivity index (χ2v) is 6.13. The molecule has 3 atom stereocenters. The van der Waals surface area contributed by atoms with E-state index < -0.39 is 18.0 Å². The van der Waals surface area contributed by atoms with Gasteiger partial charge in [-0.2, -0.15) is 0 Å².